The van der Waals surface area contributed by atoms with E-state index in [2.05, 4.69) is 10.6 Å². The van der Waals surface area contributed by atoms with Gasteiger partial charge in [0.25, 0.3) is 0 Å². The molecule has 2 amide bonds. The predicted molar refractivity (Wildman–Crippen MR) is 100.0 cm³/mol. The molecule has 6 heteroatoms. The van der Waals surface area contributed by atoms with Gasteiger partial charge >= 0.3 is 0 Å². The molecule has 0 saturated carbocycles. The first kappa shape index (κ1) is 17.5. The number of amides is 2. The zero-order valence-electron chi connectivity index (χ0n) is 14.0. The van der Waals surface area contributed by atoms with Gasteiger partial charge in [-0.05, 0) is 54.9 Å². The van der Waals surface area contributed by atoms with E-state index in [4.69, 9.17) is 11.6 Å². The number of aryl methyl sites for hydroxylation is 1. The molecular weight excluding hydrogens is 338 g/mol. The van der Waals surface area contributed by atoms with Crippen LogP contribution in [0.5, 0.6) is 0 Å². The van der Waals surface area contributed by atoms with Gasteiger partial charge in [0.15, 0.2) is 0 Å². The molecule has 5 nitrogen and oxygen atoms in total. The number of hydrogen-bond donors (Lipinski definition) is 2. The van der Waals surface area contributed by atoms with Gasteiger partial charge in [-0.25, -0.2) is 0 Å². The van der Waals surface area contributed by atoms with E-state index in [1.54, 1.807) is 11.9 Å². The van der Waals surface area contributed by atoms with Crippen LogP contribution in [0.2, 0.25) is 5.02 Å². The average molecular weight is 358 g/mol. The largest absolute Gasteiger partial charge is 0.325 e. The number of likely N-dealkylation sites (N-methyl/N-ethyl adjacent to an activating group) is 1. The molecule has 0 atom stereocenters. The summed E-state index contributed by atoms with van der Waals surface area (Å²) >= 11 is 5.93. The van der Waals surface area contributed by atoms with E-state index in [9.17, 15) is 9.59 Å². The summed E-state index contributed by atoms with van der Waals surface area (Å²) in [6.45, 7) is 0.771. The fraction of sp³-hybridized carbons (Fsp3) is 0.263. The molecular formula is C19H20ClN3O2. The third-order valence-corrected chi connectivity index (χ3v) is 4.41. The topological polar surface area (TPSA) is 61.4 Å². The zero-order valence-corrected chi connectivity index (χ0v) is 14.8. The molecule has 2 aromatic carbocycles. The van der Waals surface area contributed by atoms with Crippen molar-refractivity contribution in [2.24, 2.45) is 0 Å². The normalized spacial score (nSPS) is 13.5. The minimum atomic E-state index is -0.0904. The number of rotatable bonds is 5. The lowest BCUT2D eigenvalue weighted by Crippen LogP contribution is -2.34. The van der Waals surface area contributed by atoms with Crippen LogP contribution in [0.25, 0.3) is 0 Å². The van der Waals surface area contributed by atoms with Gasteiger partial charge in [0, 0.05) is 22.8 Å². The number of nitrogens with zero attached hydrogens (tertiary/aromatic N) is 1. The van der Waals surface area contributed by atoms with E-state index in [-0.39, 0.29) is 18.4 Å². The lowest BCUT2D eigenvalue weighted by Gasteiger charge is -2.30. The van der Waals surface area contributed by atoms with E-state index in [1.807, 2.05) is 42.5 Å². The molecule has 0 unspecified atom stereocenters. The summed E-state index contributed by atoms with van der Waals surface area (Å²) in [5, 5.41) is 6.35. The number of hydrogen-bond acceptors (Lipinski definition) is 3. The smallest absolute Gasteiger partial charge is 0.238 e. The van der Waals surface area contributed by atoms with Crippen molar-refractivity contribution < 1.29 is 9.59 Å². The number of anilines is 2. The molecule has 1 aliphatic heterocycles. The molecule has 25 heavy (non-hydrogen) atoms. The van der Waals surface area contributed by atoms with Crippen LogP contribution in [0.15, 0.2) is 42.5 Å². The molecule has 1 heterocycles. The quantitative estimate of drug-likeness (QED) is 0.864. The highest BCUT2D eigenvalue weighted by Gasteiger charge is 2.24. The van der Waals surface area contributed by atoms with E-state index in [0.29, 0.717) is 24.4 Å². The predicted octanol–water partition coefficient (Wildman–Crippen LogP) is 2.98. The van der Waals surface area contributed by atoms with Crippen LogP contribution in [0.1, 0.15) is 17.5 Å². The monoisotopic (exact) mass is 357 g/mol. The van der Waals surface area contributed by atoms with E-state index >= 15 is 0 Å². The Bertz CT molecular complexity index is 790. The van der Waals surface area contributed by atoms with Crippen LogP contribution in [-0.4, -0.2) is 25.4 Å². The molecule has 0 aliphatic carbocycles. The van der Waals surface area contributed by atoms with Gasteiger partial charge in [0.2, 0.25) is 11.8 Å². The van der Waals surface area contributed by atoms with E-state index in [1.165, 1.54) is 0 Å². The first-order valence-electron chi connectivity index (χ1n) is 8.19. The molecule has 3 rings (SSSR count). The molecule has 0 spiro atoms. The van der Waals surface area contributed by atoms with Gasteiger partial charge in [-0.15, -0.1) is 0 Å². The molecule has 0 bridgehead atoms. The number of fused-ring (bicyclic) bond motifs is 1. The Hall–Kier alpha value is -2.37. The summed E-state index contributed by atoms with van der Waals surface area (Å²) in [5.41, 5.74) is 3.74. The average Bonchev–Trinajstić information content (AvgIpc) is 2.59. The fourth-order valence-electron chi connectivity index (χ4n) is 2.95. The van der Waals surface area contributed by atoms with Crippen molar-refractivity contribution in [3.05, 3.63) is 58.6 Å². The molecule has 2 N–H and O–H groups in total. The van der Waals surface area contributed by atoms with Gasteiger partial charge < -0.3 is 15.5 Å². The van der Waals surface area contributed by atoms with Crippen molar-refractivity contribution in [3.63, 3.8) is 0 Å². The Labute approximate surface area is 152 Å². The number of carbonyl (C=O) groups is 2. The van der Waals surface area contributed by atoms with Crippen molar-refractivity contribution in [1.29, 1.82) is 0 Å². The Balaban J connectivity index is 1.82. The Morgan fingerprint density at radius 3 is 2.64 bits per heavy atom. The molecule has 0 radical (unpaired) electrons. The summed E-state index contributed by atoms with van der Waals surface area (Å²) in [6.07, 6.45) is 1.15. The molecule has 0 fully saturated rings. The van der Waals surface area contributed by atoms with Crippen LogP contribution >= 0.6 is 11.6 Å². The Morgan fingerprint density at radius 1 is 1.16 bits per heavy atom. The van der Waals surface area contributed by atoms with Gasteiger partial charge in [0.1, 0.15) is 0 Å². The van der Waals surface area contributed by atoms with Gasteiger partial charge in [0.05, 0.1) is 13.1 Å². The lowest BCUT2D eigenvalue weighted by atomic mass is 9.99. The molecule has 2 aromatic rings. The second-order valence-electron chi connectivity index (χ2n) is 6.03. The van der Waals surface area contributed by atoms with Crippen LogP contribution in [0, 0.1) is 0 Å². The number of halogens is 1. The SMILES string of the molecule is CNCC(=O)Nc1ccc2c(c1)CCC(=O)N2Cc1ccc(Cl)cc1. The first-order chi connectivity index (χ1) is 12.1. The molecule has 0 aromatic heterocycles. The third-order valence-electron chi connectivity index (χ3n) is 4.15. The Morgan fingerprint density at radius 2 is 1.92 bits per heavy atom. The fourth-order valence-corrected chi connectivity index (χ4v) is 3.08. The minimum absolute atomic E-state index is 0.0904. The summed E-state index contributed by atoms with van der Waals surface area (Å²) in [6, 6.07) is 13.2. The first-order valence-corrected chi connectivity index (χ1v) is 8.57. The van der Waals surface area contributed by atoms with Crippen molar-refractivity contribution in [2.75, 3.05) is 23.8 Å². The highest BCUT2D eigenvalue weighted by molar-refractivity contribution is 6.30. The highest BCUT2D eigenvalue weighted by Crippen LogP contribution is 2.31. The second-order valence-corrected chi connectivity index (χ2v) is 6.46. The van der Waals surface area contributed by atoms with E-state index in [0.717, 1.165) is 22.5 Å². The van der Waals surface area contributed by atoms with Crippen LogP contribution < -0.4 is 15.5 Å². The van der Waals surface area contributed by atoms with Gasteiger partial charge in [-0.1, -0.05) is 23.7 Å². The van der Waals surface area contributed by atoms with Gasteiger partial charge in [-0.3, -0.25) is 9.59 Å². The lowest BCUT2D eigenvalue weighted by molar-refractivity contribution is -0.119. The highest BCUT2D eigenvalue weighted by atomic mass is 35.5. The maximum Gasteiger partial charge on any atom is 0.238 e. The van der Waals surface area contributed by atoms with Crippen molar-refractivity contribution in [2.45, 2.75) is 19.4 Å². The van der Waals surface area contributed by atoms with E-state index < -0.39 is 0 Å². The summed E-state index contributed by atoms with van der Waals surface area (Å²) in [5.74, 6) is 0.0155. The number of carbonyl (C=O) groups excluding carboxylic acids is 2. The maximum atomic E-state index is 12.4. The number of benzene rings is 2. The molecule has 130 valence electrons. The minimum Gasteiger partial charge on any atom is -0.325 e. The standard InChI is InChI=1S/C19H20ClN3O2/c1-21-11-18(24)22-16-7-8-17-14(10-16)4-9-19(25)23(17)12-13-2-5-15(20)6-3-13/h2-3,5-8,10,21H,4,9,11-12H2,1H3,(H,22,24). The molecule has 0 saturated heterocycles. The zero-order chi connectivity index (χ0) is 17.8. The van der Waals surface area contributed by atoms with Crippen LogP contribution in [0.4, 0.5) is 11.4 Å². The van der Waals surface area contributed by atoms with Crippen LogP contribution in [0.3, 0.4) is 0 Å². The number of nitrogens with one attached hydrogen (secondary N) is 2. The van der Waals surface area contributed by atoms with Crippen LogP contribution in [-0.2, 0) is 22.6 Å². The Kier molecular flexibility index (Phi) is 5.36. The third kappa shape index (κ3) is 4.18. The van der Waals surface area contributed by atoms with Crippen molar-refractivity contribution >= 4 is 34.8 Å². The summed E-state index contributed by atoms with van der Waals surface area (Å²) in [7, 11) is 1.73. The summed E-state index contributed by atoms with van der Waals surface area (Å²) < 4.78 is 0. The van der Waals surface area contributed by atoms with Crippen molar-refractivity contribution in [3.8, 4) is 0 Å². The van der Waals surface area contributed by atoms with Crippen molar-refractivity contribution in [1.82, 2.24) is 5.32 Å². The summed E-state index contributed by atoms with van der Waals surface area (Å²) in [4.78, 5) is 25.9. The van der Waals surface area contributed by atoms with Gasteiger partial charge in [-0.2, -0.15) is 0 Å². The molecule has 1 aliphatic rings. The second kappa shape index (κ2) is 7.68. The maximum absolute atomic E-state index is 12.4.